The number of aromatic nitrogens is 1. The van der Waals surface area contributed by atoms with Crippen LogP contribution in [0, 0.1) is 0 Å². The number of ether oxygens (including phenoxy) is 1. The highest BCUT2D eigenvalue weighted by molar-refractivity contribution is 5.80. The van der Waals surface area contributed by atoms with Gasteiger partial charge < -0.3 is 15.8 Å². The third kappa shape index (κ3) is 2.89. The summed E-state index contributed by atoms with van der Waals surface area (Å²) in [6.45, 7) is 0.611. The lowest BCUT2D eigenvalue weighted by molar-refractivity contribution is 0.410. The lowest BCUT2D eigenvalue weighted by Gasteiger charge is -2.11. The van der Waals surface area contributed by atoms with Gasteiger partial charge in [-0.05, 0) is 36.4 Å². The molecule has 3 N–H and O–H groups in total. The summed E-state index contributed by atoms with van der Waals surface area (Å²) in [5, 5.41) is 4.44. The summed E-state index contributed by atoms with van der Waals surface area (Å²) in [6.07, 6.45) is 0. The number of pyridine rings is 1. The van der Waals surface area contributed by atoms with Gasteiger partial charge in [-0.3, -0.25) is 0 Å². The van der Waals surface area contributed by atoms with Crippen molar-refractivity contribution in [2.45, 2.75) is 6.54 Å². The molecule has 2 aromatic carbocycles. The molecular formula is C17H17N3O. The predicted octanol–water partition coefficient (Wildman–Crippen LogP) is 3.44. The van der Waals surface area contributed by atoms with Gasteiger partial charge in [0.15, 0.2) is 0 Å². The monoisotopic (exact) mass is 279 g/mol. The summed E-state index contributed by atoms with van der Waals surface area (Å²) in [7, 11) is 1.66. The predicted molar refractivity (Wildman–Crippen MR) is 86.5 cm³/mol. The van der Waals surface area contributed by atoms with Crippen molar-refractivity contribution in [2.24, 2.45) is 0 Å². The van der Waals surface area contributed by atoms with Crippen molar-refractivity contribution in [1.82, 2.24) is 4.98 Å². The van der Waals surface area contributed by atoms with Crippen molar-refractivity contribution >= 4 is 22.4 Å². The van der Waals surface area contributed by atoms with Crippen LogP contribution in [0.3, 0.4) is 0 Å². The maximum absolute atomic E-state index is 5.83. The first kappa shape index (κ1) is 13.2. The molecule has 0 spiro atoms. The van der Waals surface area contributed by atoms with Gasteiger partial charge in [0.1, 0.15) is 11.6 Å². The number of nitrogens with one attached hydrogen (secondary N) is 1. The number of para-hydroxylation sites is 1. The van der Waals surface area contributed by atoms with E-state index in [-0.39, 0.29) is 0 Å². The zero-order valence-electron chi connectivity index (χ0n) is 11.8. The number of anilines is 2. The lowest BCUT2D eigenvalue weighted by atomic mass is 10.1. The summed E-state index contributed by atoms with van der Waals surface area (Å²) in [6, 6.07) is 17.7. The molecule has 0 aliphatic heterocycles. The molecule has 0 amide bonds. The average molecular weight is 279 g/mol. The van der Waals surface area contributed by atoms with Crippen LogP contribution in [-0.2, 0) is 6.54 Å². The van der Waals surface area contributed by atoms with Crippen molar-refractivity contribution in [3.63, 3.8) is 0 Å². The number of methoxy groups -OCH3 is 1. The van der Waals surface area contributed by atoms with Crippen LogP contribution in [0.5, 0.6) is 5.75 Å². The van der Waals surface area contributed by atoms with E-state index in [1.54, 1.807) is 7.11 Å². The van der Waals surface area contributed by atoms with E-state index in [2.05, 4.69) is 16.4 Å². The Hall–Kier alpha value is -2.75. The van der Waals surface area contributed by atoms with Crippen molar-refractivity contribution in [1.29, 1.82) is 0 Å². The molecule has 4 nitrogen and oxygen atoms in total. The van der Waals surface area contributed by atoms with Gasteiger partial charge in [-0.2, -0.15) is 0 Å². The second kappa shape index (κ2) is 5.71. The Balaban J connectivity index is 1.81. The fraction of sp³-hybridized carbons (Fsp3) is 0.118. The van der Waals surface area contributed by atoms with Crippen LogP contribution in [0.25, 0.3) is 10.9 Å². The van der Waals surface area contributed by atoms with E-state index in [1.165, 1.54) is 0 Å². The molecule has 0 aliphatic carbocycles. The number of nitrogens with zero attached hydrogens (tertiary/aromatic N) is 1. The van der Waals surface area contributed by atoms with Gasteiger partial charge in [-0.25, -0.2) is 4.98 Å². The summed E-state index contributed by atoms with van der Waals surface area (Å²) < 4.78 is 5.34. The Morgan fingerprint density at radius 3 is 2.81 bits per heavy atom. The van der Waals surface area contributed by atoms with E-state index in [9.17, 15) is 0 Å². The van der Waals surface area contributed by atoms with E-state index in [1.807, 2.05) is 48.5 Å². The Morgan fingerprint density at radius 2 is 1.95 bits per heavy atom. The maximum Gasteiger partial charge on any atom is 0.126 e. The van der Waals surface area contributed by atoms with Crippen LogP contribution in [0.2, 0.25) is 0 Å². The van der Waals surface area contributed by atoms with Gasteiger partial charge >= 0.3 is 0 Å². The molecule has 1 aromatic heterocycles. The first-order valence-corrected chi connectivity index (χ1v) is 6.78. The smallest absolute Gasteiger partial charge is 0.126 e. The minimum atomic E-state index is 0.611. The summed E-state index contributed by atoms with van der Waals surface area (Å²) in [5.74, 6) is 1.65. The highest BCUT2D eigenvalue weighted by atomic mass is 16.5. The maximum atomic E-state index is 5.83. The van der Waals surface area contributed by atoms with Crippen molar-refractivity contribution in [3.8, 4) is 5.75 Å². The van der Waals surface area contributed by atoms with Gasteiger partial charge in [-0.1, -0.05) is 18.2 Å². The first-order valence-electron chi connectivity index (χ1n) is 6.78. The Morgan fingerprint density at radius 1 is 1.10 bits per heavy atom. The number of rotatable bonds is 4. The molecule has 106 valence electrons. The number of nitrogen functional groups attached to an aromatic ring is 1. The molecule has 0 radical (unpaired) electrons. The molecule has 0 fully saturated rings. The van der Waals surface area contributed by atoms with Gasteiger partial charge in [0.25, 0.3) is 0 Å². The highest BCUT2D eigenvalue weighted by Crippen LogP contribution is 2.22. The van der Waals surface area contributed by atoms with E-state index in [0.29, 0.717) is 6.54 Å². The van der Waals surface area contributed by atoms with Crippen molar-refractivity contribution < 1.29 is 4.74 Å². The van der Waals surface area contributed by atoms with Gasteiger partial charge in [0.2, 0.25) is 0 Å². The van der Waals surface area contributed by atoms with Gasteiger partial charge in [-0.15, -0.1) is 0 Å². The molecule has 1 heterocycles. The van der Waals surface area contributed by atoms with Crippen LogP contribution >= 0.6 is 0 Å². The molecule has 4 heteroatoms. The topological polar surface area (TPSA) is 60.2 Å². The van der Waals surface area contributed by atoms with E-state index < -0.39 is 0 Å². The quantitative estimate of drug-likeness (QED) is 0.718. The molecule has 3 rings (SSSR count). The van der Waals surface area contributed by atoms with Gasteiger partial charge in [0, 0.05) is 23.2 Å². The average Bonchev–Trinajstić information content (AvgIpc) is 2.53. The van der Waals surface area contributed by atoms with Gasteiger partial charge in [0.05, 0.1) is 12.6 Å². The second-order valence-electron chi connectivity index (χ2n) is 4.81. The number of hydrogen-bond acceptors (Lipinski definition) is 4. The number of benzene rings is 2. The molecular weight excluding hydrogens is 262 g/mol. The molecule has 3 aromatic rings. The molecule has 21 heavy (non-hydrogen) atoms. The molecule has 0 saturated carbocycles. The summed E-state index contributed by atoms with van der Waals surface area (Å²) >= 11 is 0. The molecule has 0 unspecified atom stereocenters. The SMILES string of the molecule is COc1ccc(N)cc1CNc1ccc2ccccc2n1. The standard InChI is InChI=1S/C17H17N3O/c1-21-16-8-7-14(18)10-13(16)11-19-17-9-6-12-4-2-3-5-15(12)20-17/h2-10H,11,18H2,1H3,(H,19,20). The van der Waals surface area contributed by atoms with Crippen LogP contribution < -0.4 is 15.8 Å². The fourth-order valence-corrected chi connectivity index (χ4v) is 2.29. The van der Waals surface area contributed by atoms with Crippen LogP contribution in [0.4, 0.5) is 11.5 Å². The van der Waals surface area contributed by atoms with Crippen molar-refractivity contribution in [2.75, 3.05) is 18.2 Å². The van der Waals surface area contributed by atoms with E-state index in [0.717, 1.165) is 33.7 Å². The minimum absolute atomic E-state index is 0.611. The highest BCUT2D eigenvalue weighted by Gasteiger charge is 2.04. The van der Waals surface area contributed by atoms with Crippen LogP contribution in [0.15, 0.2) is 54.6 Å². The first-order chi connectivity index (χ1) is 10.3. The number of hydrogen-bond donors (Lipinski definition) is 2. The number of nitrogens with two attached hydrogens (primary N) is 1. The second-order valence-corrected chi connectivity index (χ2v) is 4.81. The van der Waals surface area contributed by atoms with Crippen LogP contribution in [-0.4, -0.2) is 12.1 Å². The lowest BCUT2D eigenvalue weighted by Crippen LogP contribution is -2.04. The minimum Gasteiger partial charge on any atom is -0.496 e. The van der Waals surface area contributed by atoms with E-state index in [4.69, 9.17) is 10.5 Å². The fourth-order valence-electron chi connectivity index (χ4n) is 2.29. The summed E-state index contributed by atoms with van der Waals surface area (Å²) in [4.78, 5) is 4.59. The number of fused-ring (bicyclic) bond motifs is 1. The van der Waals surface area contributed by atoms with Crippen molar-refractivity contribution in [3.05, 3.63) is 60.2 Å². The normalized spacial score (nSPS) is 10.5. The molecule has 0 aliphatic rings. The Bertz CT molecular complexity index is 771. The van der Waals surface area contributed by atoms with E-state index >= 15 is 0 Å². The van der Waals surface area contributed by atoms with Crippen LogP contribution in [0.1, 0.15) is 5.56 Å². The third-order valence-corrected chi connectivity index (χ3v) is 3.36. The molecule has 0 bridgehead atoms. The third-order valence-electron chi connectivity index (χ3n) is 3.36. The molecule has 0 saturated heterocycles. The Labute approximate surface area is 123 Å². The molecule has 0 atom stereocenters. The Kier molecular flexibility index (Phi) is 3.60. The summed E-state index contributed by atoms with van der Waals surface area (Å²) in [5.41, 5.74) is 8.53. The zero-order valence-corrected chi connectivity index (χ0v) is 11.8. The zero-order chi connectivity index (χ0) is 14.7. The largest absolute Gasteiger partial charge is 0.496 e.